The van der Waals surface area contributed by atoms with Crippen LogP contribution in [0.25, 0.3) is 11.4 Å². The van der Waals surface area contributed by atoms with Gasteiger partial charge in [0, 0.05) is 44.1 Å². The first-order chi connectivity index (χ1) is 13.2. The molecule has 4 rings (SSSR count). The molecule has 9 nitrogen and oxygen atoms in total. The maximum atomic E-state index is 12.6. The molecule has 0 spiro atoms. The molecule has 2 aromatic heterocycles. The van der Waals surface area contributed by atoms with Gasteiger partial charge in [-0.1, -0.05) is 24.3 Å². The van der Waals surface area contributed by atoms with E-state index >= 15 is 0 Å². The number of aryl methyl sites for hydroxylation is 1. The molecule has 3 aromatic rings. The number of nitrogens with zero attached hydrogens (tertiary/aromatic N) is 8. The van der Waals surface area contributed by atoms with E-state index in [1.807, 2.05) is 36.1 Å². The van der Waals surface area contributed by atoms with E-state index in [-0.39, 0.29) is 12.5 Å². The Labute approximate surface area is 156 Å². The number of benzene rings is 1. The summed E-state index contributed by atoms with van der Waals surface area (Å²) < 4.78 is 0. The fourth-order valence-corrected chi connectivity index (χ4v) is 3.07. The number of rotatable bonds is 4. The van der Waals surface area contributed by atoms with Gasteiger partial charge in [0.15, 0.2) is 0 Å². The summed E-state index contributed by atoms with van der Waals surface area (Å²) in [6, 6.07) is 9.64. The van der Waals surface area contributed by atoms with Gasteiger partial charge in [0.25, 0.3) is 0 Å². The van der Waals surface area contributed by atoms with Crippen molar-refractivity contribution in [2.24, 2.45) is 0 Å². The lowest BCUT2D eigenvalue weighted by Gasteiger charge is -2.34. The van der Waals surface area contributed by atoms with Crippen LogP contribution in [0, 0.1) is 6.92 Å². The molecule has 3 heterocycles. The summed E-state index contributed by atoms with van der Waals surface area (Å²) in [6.45, 7) is 4.73. The maximum absolute atomic E-state index is 12.6. The monoisotopic (exact) mass is 364 g/mol. The molecular weight excluding hydrogens is 344 g/mol. The molecule has 1 amide bonds. The summed E-state index contributed by atoms with van der Waals surface area (Å²) in [5, 5.41) is 12.5. The van der Waals surface area contributed by atoms with Crippen molar-refractivity contribution in [1.29, 1.82) is 0 Å². The number of hydrogen-bond acceptors (Lipinski definition) is 7. The van der Waals surface area contributed by atoms with Crippen LogP contribution in [0.1, 0.15) is 5.56 Å². The zero-order valence-electron chi connectivity index (χ0n) is 15.1. The summed E-state index contributed by atoms with van der Waals surface area (Å²) in [4.78, 5) is 26.3. The molecule has 1 aromatic carbocycles. The van der Waals surface area contributed by atoms with E-state index in [1.165, 1.54) is 4.80 Å². The Morgan fingerprint density at radius 2 is 1.78 bits per heavy atom. The number of carbonyl (C=O) groups is 1. The second kappa shape index (κ2) is 7.48. The minimum Gasteiger partial charge on any atom is -0.337 e. The highest BCUT2D eigenvalue weighted by Crippen LogP contribution is 2.18. The summed E-state index contributed by atoms with van der Waals surface area (Å²) in [6.07, 6.45) is 3.45. The molecule has 1 aliphatic rings. The zero-order valence-corrected chi connectivity index (χ0v) is 15.1. The van der Waals surface area contributed by atoms with Crippen LogP contribution in [0.15, 0.2) is 42.7 Å². The van der Waals surface area contributed by atoms with E-state index in [0.717, 1.165) is 11.1 Å². The fraction of sp³-hybridized carbons (Fsp3) is 0.333. The summed E-state index contributed by atoms with van der Waals surface area (Å²) >= 11 is 0. The molecule has 0 N–H and O–H groups in total. The summed E-state index contributed by atoms with van der Waals surface area (Å²) in [5.74, 6) is 1.22. The average Bonchev–Trinajstić information content (AvgIpc) is 3.17. The first kappa shape index (κ1) is 17.1. The van der Waals surface area contributed by atoms with Gasteiger partial charge >= 0.3 is 0 Å². The average molecular weight is 364 g/mol. The normalized spacial score (nSPS) is 14.4. The van der Waals surface area contributed by atoms with Crippen LogP contribution >= 0.6 is 0 Å². The second-order valence-corrected chi connectivity index (χ2v) is 6.37. The van der Waals surface area contributed by atoms with Crippen molar-refractivity contribution in [2.75, 3.05) is 31.1 Å². The molecule has 0 radical (unpaired) electrons. The Kier molecular flexibility index (Phi) is 4.73. The van der Waals surface area contributed by atoms with Crippen molar-refractivity contribution >= 4 is 11.9 Å². The number of amides is 1. The predicted molar refractivity (Wildman–Crippen MR) is 98.8 cm³/mol. The van der Waals surface area contributed by atoms with E-state index in [9.17, 15) is 4.79 Å². The van der Waals surface area contributed by atoms with Crippen molar-refractivity contribution in [1.82, 2.24) is 35.1 Å². The lowest BCUT2D eigenvalue weighted by molar-refractivity contribution is -0.132. The van der Waals surface area contributed by atoms with Gasteiger partial charge in [-0.3, -0.25) is 4.79 Å². The van der Waals surface area contributed by atoms with E-state index in [1.54, 1.807) is 18.5 Å². The van der Waals surface area contributed by atoms with Gasteiger partial charge in [-0.25, -0.2) is 9.97 Å². The maximum Gasteiger partial charge on any atom is 0.246 e. The SMILES string of the molecule is Cc1ccccc1-c1nnn(CC(=O)N2CCN(c3ncccn3)CC2)n1. The van der Waals surface area contributed by atoms with Gasteiger partial charge in [-0.05, 0) is 23.8 Å². The highest BCUT2D eigenvalue weighted by molar-refractivity contribution is 5.76. The summed E-state index contributed by atoms with van der Waals surface area (Å²) in [5.41, 5.74) is 2.00. The fourth-order valence-electron chi connectivity index (χ4n) is 3.07. The molecule has 27 heavy (non-hydrogen) atoms. The van der Waals surface area contributed by atoms with Gasteiger partial charge < -0.3 is 9.80 Å². The topological polar surface area (TPSA) is 92.9 Å². The lowest BCUT2D eigenvalue weighted by atomic mass is 10.1. The lowest BCUT2D eigenvalue weighted by Crippen LogP contribution is -2.50. The van der Waals surface area contributed by atoms with Crippen molar-refractivity contribution in [3.05, 3.63) is 48.3 Å². The highest BCUT2D eigenvalue weighted by Gasteiger charge is 2.23. The van der Waals surface area contributed by atoms with Crippen LogP contribution < -0.4 is 4.90 Å². The highest BCUT2D eigenvalue weighted by atomic mass is 16.2. The van der Waals surface area contributed by atoms with Crippen LogP contribution in [-0.2, 0) is 11.3 Å². The first-order valence-corrected chi connectivity index (χ1v) is 8.84. The van der Waals surface area contributed by atoms with Crippen molar-refractivity contribution in [3.63, 3.8) is 0 Å². The van der Waals surface area contributed by atoms with Crippen molar-refractivity contribution < 1.29 is 4.79 Å². The number of piperazine rings is 1. The van der Waals surface area contributed by atoms with Crippen LogP contribution in [0.5, 0.6) is 0 Å². The Hall–Kier alpha value is -3.36. The van der Waals surface area contributed by atoms with E-state index in [2.05, 4.69) is 30.3 Å². The van der Waals surface area contributed by atoms with E-state index in [0.29, 0.717) is 38.0 Å². The Balaban J connectivity index is 1.36. The number of carbonyl (C=O) groups excluding carboxylic acids is 1. The molecule has 0 atom stereocenters. The van der Waals surface area contributed by atoms with Gasteiger partial charge in [0.1, 0.15) is 6.54 Å². The third kappa shape index (κ3) is 3.76. The van der Waals surface area contributed by atoms with Crippen LogP contribution in [-0.4, -0.2) is 67.2 Å². The molecule has 0 unspecified atom stereocenters. The van der Waals surface area contributed by atoms with E-state index in [4.69, 9.17) is 0 Å². The van der Waals surface area contributed by atoms with E-state index < -0.39 is 0 Å². The molecular formula is C18H20N8O. The van der Waals surface area contributed by atoms with Gasteiger partial charge in [0.2, 0.25) is 17.7 Å². The smallest absolute Gasteiger partial charge is 0.246 e. The number of hydrogen-bond donors (Lipinski definition) is 0. The minimum absolute atomic E-state index is 0.0163. The molecule has 0 aliphatic carbocycles. The molecule has 0 saturated carbocycles. The van der Waals surface area contributed by atoms with Crippen LogP contribution in [0.2, 0.25) is 0 Å². The zero-order chi connectivity index (χ0) is 18.6. The number of tetrazole rings is 1. The quantitative estimate of drug-likeness (QED) is 0.675. The molecule has 1 aliphatic heterocycles. The molecule has 1 fully saturated rings. The Morgan fingerprint density at radius 3 is 2.52 bits per heavy atom. The van der Waals surface area contributed by atoms with Crippen molar-refractivity contribution in [2.45, 2.75) is 13.5 Å². The predicted octanol–water partition coefficient (Wildman–Crippen LogP) is 0.787. The van der Waals surface area contributed by atoms with Gasteiger partial charge in [0.05, 0.1) is 0 Å². The van der Waals surface area contributed by atoms with Crippen LogP contribution in [0.4, 0.5) is 5.95 Å². The number of anilines is 1. The first-order valence-electron chi connectivity index (χ1n) is 8.84. The molecule has 0 bridgehead atoms. The molecule has 9 heteroatoms. The Bertz CT molecular complexity index is 918. The Morgan fingerprint density at radius 1 is 1.04 bits per heavy atom. The second-order valence-electron chi connectivity index (χ2n) is 6.37. The largest absolute Gasteiger partial charge is 0.337 e. The standard InChI is InChI=1S/C18H20N8O/c1-14-5-2-3-6-15(14)17-21-23-26(22-17)13-16(27)24-9-11-25(12-10-24)18-19-7-4-8-20-18/h2-8H,9-13H2,1H3. The molecule has 1 saturated heterocycles. The minimum atomic E-state index is -0.0163. The van der Waals surface area contributed by atoms with Gasteiger partial charge in [-0.2, -0.15) is 4.80 Å². The van der Waals surface area contributed by atoms with Gasteiger partial charge in [-0.15, -0.1) is 10.2 Å². The number of aromatic nitrogens is 6. The third-order valence-electron chi connectivity index (χ3n) is 4.58. The summed E-state index contributed by atoms with van der Waals surface area (Å²) in [7, 11) is 0. The van der Waals surface area contributed by atoms with Crippen LogP contribution in [0.3, 0.4) is 0 Å². The third-order valence-corrected chi connectivity index (χ3v) is 4.58. The molecule has 138 valence electrons. The van der Waals surface area contributed by atoms with Crippen molar-refractivity contribution in [3.8, 4) is 11.4 Å².